The second-order valence-electron chi connectivity index (χ2n) is 5.11. The number of thiazole rings is 1. The average Bonchev–Trinajstić information content (AvgIpc) is 2.89. The molecule has 0 spiro atoms. The maximum absolute atomic E-state index is 12.4. The zero-order chi connectivity index (χ0) is 18.1. The normalized spacial score (nSPS) is 11.9. The van der Waals surface area contributed by atoms with Crippen LogP contribution >= 0.6 is 34.5 Å². The van der Waals surface area contributed by atoms with Gasteiger partial charge in [0.1, 0.15) is 0 Å². The van der Waals surface area contributed by atoms with Gasteiger partial charge in [0, 0.05) is 34.3 Å². The number of amides is 1. The van der Waals surface area contributed by atoms with Crippen molar-refractivity contribution < 1.29 is 9.72 Å². The molecule has 25 heavy (non-hydrogen) atoms. The average molecular weight is 396 g/mol. The molecule has 0 saturated heterocycles. The second kappa shape index (κ2) is 6.95. The molecule has 0 unspecified atom stereocenters. The van der Waals surface area contributed by atoms with Crippen LogP contribution in [0.2, 0.25) is 10.0 Å². The molecule has 0 N–H and O–H groups in total. The molecule has 128 valence electrons. The molecule has 3 aromatic rings. The Bertz CT molecular complexity index is 1050. The van der Waals surface area contributed by atoms with E-state index in [4.69, 9.17) is 23.2 Å². The highest BCUT2D eigenvalue weighted by atomic mass is 35.5. The molecule has 3 rings (SSSR count). The van der Waals surface area contributed by atoms with Crippen LogP contribution in [-0.4, -0.2) is 15.4 Å². The predicted octanol–water partition coefficient (Wildman–Crippen LogP) is 4.68. The molecule has 0 bridgehead atoms. The highest BCUT2D eigenvalue weighted by molar-refractivity contribution is 7.16. The van der Waals surface area contributed by atoms with Gasteiger partial charge in [-0.1, -0.05) is 34.5 Å². The summed E-state index contributed by atoms with van der Waals surface area (Å²) < 4.78 is 2.51. The topological polar surface area (TPSA) is 77.5 Å². The van der Waals surface area contributed by atoms with E-state index in [9.17, 15) is 14.9 Å². The number of aryl methyl sites for hydroxylation is 1. The number of rotatable bonds is 3. The van der Waals surface area contributed by atoms with Crippen LogP contribution < -0.4 is 4.80 Å². The van der Waals surface area contributed by atoms with Crippen molar-refractivity contribution in [2.45, 2.75) is 13.5 Å². The van der Waals surface area contributed by atoms with Crippen molar-refractivity contribution >= 4 is 56.3 Å². The molecule has 0 fully saturated rings. The Kier molecular flexibility index (Phi) is 4.89. The Hall–Kier alpha value is -2.22. The van der Waals surface area contributed by atoms with Gasteiger partial charge in [0.25, 0.3) is 11.6 Å². The molecule has 0 atom stereocenters. The van der Waals surface area contributed by atoms with Crippen LogP contribution in [0.1, 0.15) is 17.3 Å². The van der Waals surface area contributed by atoms with Gasteiger partial charge in [0.05, 0.1) is 15.1 Å². The van der Waals surface area contributed by atoms with Crippen molar-refractivity contribution in [3.63, 3.8) is 0 Å². The standard InChI is InChI=1S/C16H11Cl2N3O3S/c1-2-20-13-4-3-12(21(23)24)8-14(13)25-16(20)19-15(22)9-5-10(17)7-11(18)6-9/h3-8H,2H2,1H3. The number of benzene rings is 2. The fraction of sp³-hybridized carbons (Fsp3) is 0.125. The van der Waals surface area contributed by atoms with E-state index in [1.54, 1.807) is 6.07 Å². The first-order valence-electron chi connectivity index (χ1n) is 7.22. The monoisotopic (exact) mass is 395 g/mol. The summed E-state index contributed by atoms with van der Waals surface area (Å²) in [5, 5.41) is 11.6. The minimum absolute atomic E-state index is 0.00324. The first-order valence-corrected chi connectivity index (χ1v) is 8.79. The van der Waals surface area contributed by atoms with E-state index >= 15 is 0 Å². The maximum Gasteiger partial charge on any atom is 0.279 e. The van der Waals surface area contributed by atoms with Gasteiger partial charge in [-0.15, -0.1) is 0 Å². The summed E-state index contributed by atoms with van der Waals surface area (Å²) in [5.41, 5.74) is 1.06. The highest BCUT2D eigenvalue weighted by Crippen LogP contribution is 2.24. The third-order valence-electron chi connectivity index (χ3n) is 3.50. The summed E-state index contributed by atoms with van der Waals surface area (Å²) in [6.07, 6.45) is 0. The number of carbonyl (C=O) groups is 1. The lowest BCUT2D eigenvalue weighted by atomic mass is 10.2. The lowest BCUT2D eigenvalue weighted by Gasteiger charge is -2.01. The zero-order valence-corrected chi connectivity index (χ0v) is 15.2. The van der Waals surface area contributed by atoms with E-state index in [1.807, 2.05) is 11.5 Å². The quantitative estimate of drug-likeness (QED) is 0.477. The molecule has 9 heteroatoms. The molecular weight excluding hydrogens is 385 g/mol. The van der Waals surface area contributed by atoms with E-state index < -0.39 is 10.8 Å². The zero-order valence-electron chi connectivity index (χ0n) is 12.9. The molecule has 0 aliphatic heterocycles. The number of halogens is 2. The van der Waals surface area contributed by atoms with Crippen LogP contribution in [0, 0.1) is 10.1 Å². The smallest absolute Gasteiger partial charge is 0.279 e. The van der Waals surface area contributed by atoms with Crippen molar-refractivity contribution in [2.75, 3.05) is 0 Å². The Morgan fingerprint density at radius 3 is 2.52 bits per heavy atom. The molecule has 1 aromatic heterocycles. The van der Waals surface area contributed by atoms with Crippen LogP contribution in [-0.2, 0) is 6.54 Å². The van der Waals surface area contributed by atoms with Crippen LogP contribution in [0.5, 0.6) is 0 Å². The largest absolute Gasteiger partial charge is 0.317 e. The van der Waals surface area contributed by atoms with E-state index in [1.165, 1.54) is 41.7 Å². The number of fused-ring (bicyclic) bond motifs is 1. The van der Waals surface area contributed by atoms with Gasteiger partial charge in [-0.25, -0.2) is 0 Å². The van der Waals surface area contributed by atoms with Crippen molar-refractivity contribution in [1.29, 1.82) is 0 Å². The van der Waals surface area contributed by atoms with Crippen LogP contribution in [0.25, 0.3) is 10.2 Å². The number of nitro groups is 1. The second-order valence-corrected chi connectivity index (χ2v) is 7.00. The summed E-state index contributed by atoms with van der Waals surface area (Å²) in [4.78, 5) is 27.5. The lowest BCUT2D eigenvalue weighted by molar-refractivity contribution is -0.384. The fourth-order valence-corrected chi connectivity index (χ4v) is 4.05. The third-order valence-corrected chi connectivity index (χ3v) is 4.98. The van der Waals surface area contributed by atoms with Crippen LogP contribution in [0.4, 0.5) is 5.69 Å². The number of nitrogens with zero attached hydrogens (tertiary/aromatic N) is 3. The van der Waals surface area contributed by atoms with Gasteiger partial charge in [0.2, 0.25) is 0 Å². The van der Waals surface area contributed by atoms with Crippen molar-refractivity contribution in [2.24, 2.45) is 4.99 Å². The number of non-ortho nitro benzene ring substituents is 1. The van der Waals surface area contributed by atoms with Gasteiger partial charge in [-0.05, 0) is 31.2 Å². The molecule has 0 radical (unpaired) electrons. The Morgan fingerprint density at radius 1 is 1.24 bits per heavy atom. The Labute approximate surface area is 156 Å². The number of hydrogen-bond donors (Lipinski definition) is 0. The van der Waals surface area contributed by atoms with E-state index in [-0.39, 0.29) is 11.3 Å². The van der Waals surface area contributed by atoms with E-state index in [0.717, 1.165) is 5.52 Å². The van der Waals surface area contributed by atoms with E-state index in [2.05, 4.69) is 4.99 Å². The number of nitro benzene ring substituents is 1. The first-order chi connectivity index (χ1) is 11.9. The molecule has 2 aromatic carbocycles. The van der Waals surface area contributed by atoms with Crippen molar-refractivity contribution in [1.82, 2.24) is 4.57 Å². The highest BCUT2D eigenvalue weighted by Gasteiger charge is 2.13. The van der Waals surface area contributed by atoms with Gasteiger partial charge in [-0.3, -0.25) is 14.9 Å². The number of carbonyl (C=O) groups excluding carboxylic acids is 1. The van der Waals surface area contributed by atoms with Gasteiger partial charge >= 0.3 is 0 Å². The third kappa shape index (κ3) is 3.58. The summed E-state index contributed by atoms with van der Waals surface area (Å²) in [7, 11) is 0. The van der Waals surface area contributed by atoms with Crippen LogP contribution in [0.15, 0.2) is 41.4 Å². The summed E-state index contributed by atoms with van der Waals surface area (Å²) in [5.74, 6) is -0.479. The van der Waals surface area contributed by atoms with Crippen molar-refractivity contribution in [3.8, 4) is 0 Å². The molecule has 1 heterocycles. The van der Waals surface area contributed by atoms with Gasteiger partial charge < -0.3 is 4.57 Å². The number of aromatic nitrogens is 1. The van der Waals surface area contributed by atoms with E-state index in [0.29, 0.717) is 26.1 Å². The van der Waals surface area contributed by atoms with Gasteiger partial charge in [0.15, 0.2) is 4.80 Å². The maximum atomic E-state index is 12.4. The molecule has 0 aliphatic carbocycles. The van der Waals surface area contributed by atoms with Crippen molar-refractivity contribution in [3.05, 3.63) is 66.9 Å². The summed E-state index contributed by atoms with van der Waals surface area (Å²) >= 11 is 13.1. The molecule has 0 saturated carbocycles. The Morgan fingerprint density at radius 2 is 1.92 bits per heavy atom. The minimum atomic E-state index is -0.479. The lowest BCUT2D eigenvalue weighted by Crippen LogP contribution is -2.15. The number of hydrogen-bond acceptors (Lipinski definition) is 4. The fourth-order valence-electron chi connectivity index (χ4n) is 2.40. The predicted molar refractivity (Wildman–Crippen MR) is 98.5 cm³/mol. The SMILES string of the molecule is CCn1c(=NC(=O)c2cc(Cl)cc(Cl)c2)sc2cc([N+](=O)[O-])ccc21. The molecule has 1 amide bonds. The first kappa shape index (κ1) is 17.6. The molecule has 6 nitrogen and oxygen atoms in total. The summed E-state index contributed by atoms with van der Waals surface area (Å²) in [6, 6.07) is 9.09. The molecular formula is C16H11Cl2N3O3S. The minimum Gasteiger partial charge on any atom is -0.317 e. The summed E-state index contributed by atoms with van der Waals surface area (Å²) in [6.45, 7) is 2.48. The van der Waals surface area contributed by atoms with Gasteiger partial charge in [-0.2, -0.15) is 4.99 Å². The van der Waals surface area contributed by atoms with Crippen LogP contribution in [0.3, 0.4) is 0 Å². The molecule has 0 aliphatic rings. The Balaban J connectivity index is 2.14.